The van der Waals surface area contributed by atoms with Gasteiger partial charge in [-0.05, 0) is 50.1 Å². The molecule has 5 rings (SSSR count). The average Bonchev–Trinajstić information content (AvgIpc) is 3.21. The molecule has 0 saturated heterocycles. The maximum Gasteiger partial charge on any atom is 0.253 e. The minimum absolute atomic E-state index is 0.454. The van der Waals surface area contributed by atoms with Crippen molar-refractivity contribution in [2.24, 2.45) is 5.10 Å². The van der Waals surface area contributed by atoms with Gasteiger partial charge >= 0.3 is 0 Å². The van der Waals surface area contributed by atoms with Gasteiger partial charge in [0, 0.05) is 33.4 Å². The third-order valence-corrected chi connectivity index (χ3v) is 6.93. The first-order valence-electron chi connectivity index (χ1n) is 9.66. The van der Waals surface area contributed by atoms with Gasteiger partial charge in [0.15, 0.2) is 0 Å². The van der Waals surface area contributed by atoms with E-state index in [4.69, 9.17) is 28.3 Å². The molecule has 3 aromatic heterocycles. The predicted octanol–water partition coefficient (Wildman–Crippen LogP) is 5.73. The number of hydrogen-bond donors (Lipinski definition) is 0. The van der Waals surface area contributed by atoms with E-state index in [9.17, 15) is 0 Å². The van der Waals surface area contributed by atoms with Crippen molar-refractivity contribution in [2.75, 3.05) is 5.01 Å². The minimum Gasteiger partial charge on any atom is -0.263 e. The smallest absolute Gasteiger partial charge is 0.253 e. The zero-order chi connectivity index (χ0) is 21.7. The second-order valence-corrected chi connectivity index (χ2v) is 9.45. The largest absolute Gasteiger partial charge is 0.263 e. The summed E-state index contributed by atoms with van der Waals surface area (Å²) in [5, 5.41) is 18.1. The van der Waals surface area contributed by atoms with Crippen LogP contribution in [0.25, 0.3) is 5.00 Å². The molecule has 0 atom stereocenters. The van der Waals surface area contributed by atoms with Gasteiger partial charge in [0.25, 0.3) is 5.95 Å². The van der Waals surface area contributed by atoms with E-state index in [0.29, 0.717) is 22.5 Å². The Hall–Kier alpha value is -2.74. The SMILES string of the molecule is Cc1sc2c(c1C)C(c1ccc(Cl)cc1)=NN(Cc1cncc(Cl)c1)c1nnc(C)n1-2. The Labute approximate surface area is 193 Å². The molecule has 4 heterocycles. The number of aromatic nitrogens is 4. The van der Waals surface area contributed by atoms with Crippen LogP contribution in [0, 0.1) is 20.8 Å². The molecule has 1 aliphatic rings. The number of fused-ring (bicyclic) bond motifs is 3. The molecule has 0 aliphatic carbocycles. The predicted molar refractivity (Wildman–Crippen MR) is 126 cm³/mol. The van der Waals surface area contributed by atoms with Gasteiger partial charge < -0.3 is 0 Å². The number of hydrazone groups is 1. The van der Waals surface area contributed by atoms with Crippen LogP contribution < -0.4 is 5.01 Å². The van der Waals surface area contributed by atoms with Crippen LogP contribution in [0.4, 0.5) is 5.95 Å². The zero-order valence-corrected chi connectivity index (χ0v) is 19.4. The van der Waals surface area contributed by atoms with E-state index in [-0.39, 0.29) is 0 Å². The first-order valence-corrected chi connectivity index (χ1v) is 11.2. The Bertz CT molecular complexity index is 1320. The van der Waals surface area contributed by atoms with Gasteiger partial charge in [-0.1, -0.05) is 35.3 Å². The van der Waals surface area contributed by atoms with Crippen molar-refractivity contribution in [1.82, 2.24) is 19.7 Å². The van der Waals surface area contributed by atoms with Crippen LogP contribution in [0.1, 0.15) is 33.0 Å². The number of thiophene rings is 1. The highest BCUT2D eigenvalue weighted by atomic mass is 35.5. The van der Waals surface area contributed by atoms with E-state index >= 15 is 0 Å². The monoisotopic (exact) mass is 468 g/mol. The molecular weight excluding hydrogens is 451 g/mol. The van der Waals surface area contributed by atoms with Crippen molar-refractivity contribution >= 4 is 46.2 Å². The number of rotatable bonds is 3. The first kappa shape index (κ1) is 20.2. The number of nitrogens with zero attached hydrogens (tertiary/aromatic N) is 6. The number of anilines is 1. The molecule has 9 heteroatoms. The van der Waals surface area contributed by atoms with Gasteiger partial charge in [-0.25, -0.2) is 5.01 Å². The molecule has 31 heavy (non-hydrogen) atoms. The number of hydrogen-bond acceptors (Lipinski definition) is 6. The minimum atomic E-state index is 0.454. The molecular formula is C22H18Cl2N6S. The molecule has 6 nitrogen and oxygen atoms in total. The fraction of sp³-hybridized carbons (Fsp3) is 0.182. The van der Waals surface area contributed by atoms with Crippen molar-refractivity contribution < 1.29 is 0 Å². The van der Waals surface area contributed by atoms with Gasteiger partial charge in [-0.15, -0.1) is 21.5 Å². The molecule has 0 fully saturated rings. The van der Waals surface area contributed by atoms with E-state index in [1.54, 1.807) is 23.7 Å². The summed E-state index contributed by atoms with van der Waals surface area (Å²) >= 11 is 14.0. The summed E-state index contributed by atoms with van der Waals surface area (Å²) in [5.41, 5.74) is 5.06. The first-order chi connectivity index (χ1) is 14.9. The van der Waals surface area contributed by atoms with Crippen LogP contribution in [0.5, 0.6) is 0 Å². The topological polar surface area (TPSA) is 59.2 Å². The summed E-state index contributed by atoms with van der Waals surface area (Å²) in [7, 11) is 0. The quantitative estimate of drug-likeness (QED) is 0.385. The van der Waals surface area contributed by atoms with Crippen LogP contribution in [-0.2, 0) is 6.54 Å². The fourth-order valence-electron chi connectivity index (χ4n) is 3.65. The molecule has 0 saturated carbocycles. The maximum atomic E-state index is 6.17. The van der Waals surface area contributed by atoms with Crippen LogP contribution in [0.2, 0.25) is 10.0 Å². The lowest BCUT2D eigenvalue weighted by molar-refractivity contribution is 0.795. The van der Waals surface area contributed by atoms with Crippen molar-refractivity contribution in [3.05, 3.63) is 85.7 Å². The summed E-state index contributed by atoms with van der Waals surface area (Å²) < 4.78 is 2.07. The second kappa shape index (κ2) is 7.75. The Morgan fingerprint density at radius 1 is 0.968 bits per heavy atom. The number of halogens is 2. The lowest BCUT2D eigenvalue weighted by Crippen LogP contribution is -2.20. The van der Waals surface area contributed by atoms with Crippen LogP contribution in [-0.4, -0.2) is 25.5 Å². The molecule has 1 aliphatic heterocycles. The molecule has 156 valence electrons. The number of pyridine rings is 1. The zero-order valence-electron chi connectivity index (χ0n) is 17.1. The molecule has 0 bridgehead atoms. The standard InChI is InChI=1S/C22H18Cl2N6S/c1-12-13(2)31-21-19(12)20(16-4-6-17(23)7-5-16)28-29(22-27-26-14(3)30(21)22)11-15-8-18(24)10-25-9-15/h4-10H,11H2,1-3H3. The number of aryl methyl sites for hydroxylation is 2. The third kappa shape index (κ3) is 3.52. The molecule has 4 aromatic rings. The van der Waals surface area contributed by atoms with Crippen LogP contribution in [0.3, 0.4) is 0 Å². The second-order valence-electron chi connectivity index (χ2n) is 7.37. The summed E-state index contributed by atoms with van der Waals surface area (Å²) in [4.78, 5) is 5.45. The van der Waals surface area contributed by atoms with E-state index in [2.05, 4.69) is 33.6 Å². The number of benzene rings is 1. The van der Waals surface area contributed by atoms with Gasteiger partial charge in [-0.3, -0.25) is 9.55 Å². The highest BCUT2D eigenvalue weighted by Crippen LogP contribution is 2.38. The van der Waals surface area contributed by atoms with Gasteiger partial charge in [0.05, 0.1) is 11.6 Å². The van der Waals surface area contributed by atoms with Crippen LogP contribution in [0.15, 0.2) is 47.8 Å². The summed E-state index contributed by atoms with van der Waals surface area (Å²) in [6.07, 6.45) is 3.40. The van der Waals surface area contributed by atoms with Crippen molar-refractivity contribution in [3.63, 3.8) is 0 Å². The third-order valence-electron chi connectivity index (χ3n) is 5.28. The van der Waals surface area contributed by atoms with E-state index in [1.165, 1.54) is 10.4 Å². The van der Waals surface area contributed by atoms with Crippen molar-refractivity contribution in [3.8, 4) is 5.00 Å². The molecule has 0 spiro atoms. The Morgan fingerprint density at radius 3 is 2.48 bits per heavy atom. The van der Waals surface area contributed by atoms with E-state index in [1.807, 2.05) is 42.3 Å². The fourth-order valence-corrected chi connectivity index (χ4v) is 5.17. The Kier molecular flexibility index (Phi) is 5.04. The average molecular weight is 469 g/mol. The van der Waals surface area contributed by atoms with Gasteiger partial charge in [0.1, 0.15) is 16.5 Å². The Morgan fingerprint density at radius 2 is 1.74 bits per heavy atom. The molecule has 0 radical (unpaired) electrons. The van der Waals surface area contributed by atoms with Crippen molar-refractivity contribution in [2.45, 2.75) is 27.3 Å². The lowest BCUT2D eigenvalue weighted by atomic mass is 10.00. The van der Waals surface area contributed by atoms with E-state index < -0.39 is 0 Å². The van der Waals surface area contributed by atoms with E-state index in [0.717, 1.165) is 33.2 Å². The van der Waals surface area contributed by atoms with Crippen LogP contribution >= 0.6 is 34.5 Å². The molecule has 0 amide bonds. The lowest BCUT2D eigenvalue weighted by Gasteiger charge is -2.18. The molecule has 0 N–H and O–H groups in total. The summed E-state index contributed by atoms with van der Waals surface area (Å²) in [5.74, 6) is 1.46. The molecule has 1 aromatic carbocycles. The Balaban J connectivity index is 1.75. The van der Waals surface area contributed by atoms with Gasteiger partial charge in [0.2, 0.25) is 0 Å². The van der Waals surface area contributed by atoms with Gasteiger partial charge in [-0.2, -0.15) is 5.10 Å². The highest BCUT2D eigenvalue weighted by molar-refractivity contribution is 7.15. The summed E-state index contributed by atoms with van der Waals surface area (Å²) in [6, 6.07) is 9.64. The maximum absolute atomic E-state index is 6.17. The van der Waals surface area contributed by atoms with Crippen molar-refractivity contribution in [1.29, 1.82) is 0 Å². The molecule has 0 unspecified atom stereocenters. The highest BCUT2D eigenvalue weighted by Gasteiger charge is 2.30. The normalized spacial score (nSPS) is 12.9. The summed E-state index contributed by atoms with van der Waals surface area (Å²) in [6.45, 7) is 6.67.